The van der Waals surface area contributed by atoms with Crippen molar-refractivity contribution in [1.82, 2.24) is 14.5 Å². The molecule has 38 heavy (non-hydrogen) atoms. The van der Waals surface area contributed by atoms with Gasteiger partial charge in [0.1, 0.15) is 15.6 Å². The highest BCUT2D eigenvalue weighted by Gasteiger charge is 2.35. The van der Waals surface area contributed by atoms with Crippen LogP contribution >= 0.6 is 0 Å². The molecule has 0 spiro atoms. The molecule has 0 bridgehead atoms. The minimum Gasteiger partial charge on any atom is -0.435 e. The minimum absolute atomic E-state index is 0.0310. The molecule has 2 aromatic carbocycles. The largest absolute Gasteiger partial charge is 0.435 e. The van der Waals surface area contributed by atoms with Crippen LogP contribution < -0.4 is 15.7 Å². The third-order valence-electron chi connectivity index (χ3n) is 6.46. The lowest BCUT2D eigenvalue weighted by molar-refractivity contribution is -0.136. The Balaban J connectivity index is 1.75. The fourth-order valence-electron chi connectivity index (χ4n) is 4.36. The van der Waals surface area contributed by atoms with Gasteiger partial charge in [0.2, 0.25) is 0 Å². The van der Waals surface area contributed by atoms with Gasteiger partial charge in [-0.15, -0.1) is 0 Å². The van der Waals surface area contributed by atoms with E-state index in [4.69, 9.17) is 0 Å². The van der Waals surface area contributed by atoms with Crippen molar-refractivity contribution in [2.24, 2.45) is 0 Å². The van der Waals surface area contributed by atoms with Gasteiger partial charge in [0.15, 0.2) is 0 Å². The van der Waals surface area contributed by atoms with E-state index >= 15 is 0 Å². The van der Waals surface area contributed by atoms with Crippen molar-refractivity contribution in [3.63, 3.8) is 0 Å². The highest BCUT2D eigenvalue weighted by molar-refractivity contribution is 7.91. The van der Waals surface area contributed by atoms with E-state index in [-0.39, 0.29) is 52.4 Å². The predicted octanol–water partition coefficient (Wildman–Crippen LogP) is 4.04. The molecule has 8 nitrogen and oxygen atoms in total. The van der Waals surface area contributed by atoms with E-state index in [1.807, 2.05) is 0 Å². The maximum absolute atomic E-state index is 13.3. The summed E-state index contributed by atoms with van der Waals surface area (Å²) in [7, 11) is -3.18. The molecule has 3 aromatic rings. The molecule has 0 radical (unpaired) electrons. The van der Waals surface area contributed by atoms with Crippen LogP contribution in [0.3, 0.4) is 0 Å². The van der Waals surface area contributed by atoms with E-state index in [0.717, 1.165) is 15.2 Å². The topological polar surface area (TPSA) is 99.4 Å². The summed E-state index contributed by atoms with van der Waals surface area (Å²) < 4.78 is 94.3. The molecule has 1 amide bonds. The van der Waals surface area contributed by atoms with Gasteiger partial charge in [0, 0.05) is 23.7 Å². The number of sulfone groups is 1. The normalized spacial score (nSPS) is 17.0. The summed E-state index contributed by atoms with van der Waals surface area (Å²) in [5.74, 6) is -1.00. The Labute approximate surface area is 213 Å². The lowest BCUT2D eigenvalue weighted by atomic mass is 9.94. The molecule has 1 fully saturated rings. The number of amides is 1. The number of aryl methyl sites for hydroxylation is 1. The molecule has 1 aliphatic rings. The number of ether oxygens (including phenoxy) is 1. The fourth-order valence-corrected chi connectivity index (χ4v) is 6.09. The second-order valence-electron chi connectivity index (χ2n) is 9.38. The molecule has 1 N–H and O–H groups in total. The summed E-state index contributed by atoms with van der Waals surface area (Å²) >= 11 is 0. The Morgan fingerprint density at radius 2 is 1.79 bits per heavy atom. The number of aromatic nitrogens is 2. The van der Waals surface area contributed by atoms with Gasteiger partial charge in [-0.2, -0.15) is 22.0 Å². The number of benzene rings is 2. The highest BCUT2D eigenvalue weighted by atomic mass is 32.2. The number of halogens is 5. The molecular formula is C24H24F5N3O5S. The number of carbonyl (C=O) groups excluding carboxylic acids is 1. The quantitative estimate of drug-likeness (QED) is 0.439. The Hall–Kier alpha value is -3.42. The smallest absolute Gasteiger partial charge is 0.390 e. The zero-order chi connectivity index (χ0) is 27.9. The molecule has 1 saturated heterocycles. The van der Waals surface area contributed by atoms with Crippen LogP contribution in [0, 0.1) is 0 Å². The van der Waals surface area contributed by atoms with E-state index in [1.54, 1.807) is 6.92 Å². The first kappa shape index (κ1) is 27.6. The van der Waals surface area contributed by atoms with Crippen LogP contribution in [0.2, 0.25) is 0 Å². The van der Waals surface area contributed by atoms with Crippen LogP contribution in [0.25, 0.3) is 16.7 Å². The Morgan fingerprint density at radius 3 is 2.42 bits per heavy atom. The van der Waals surface area contributed by atoms with E-state index in [2.05, 4.69) is 10.1 Å². The van der Waals surface area contributed by atoms with Crippen molar-refractivity contribution in [2.45, 2.75) is 51.1 Å². The zero-order valence-corrected chi connectivity index (χ0v) is 20.9. The van der Waals surface area contributed by atoms with Gasteiger partial charge in [-0.1, -0.05) is 6.07 Å². The maximum Gasteiger partial charge on any atom is 0.390 e. The van der Waals surface area contributed by atoms with E-state index in [1.165, 1.54) is 36.4 Å². The summed E-state index contributed by atoms with van der Waals surface area (Å²) in [6, 6.07) is 9.19. The van der Waals surface area contributed by atoms with Gasteiger partial charge in [-0.05, 0) is 50.1 Å². The predicted molar refractivity (Wildman–Crippen MR) is 129 cm³/mol. The SMILES string of the molecule is CC1(NC(=O)c2ccc3c(c2)n(CCC(F)(F)F)c(=O)n3-c2cccc(OC(F)F)c2)CCS(=O)(=O)CC1. The number of fused-ring (bicyclic) bond motifs is 1. The van der Waals surface area contributed by atoms with Crippen LogP contribution in [-0.2, 0) is 16.4 Å². The van der Waals surface area contributed by atoms with Gasteiger partial charge >= 0.3 is 18.5 Å². The van der Waals surface area contributed by atoms with Gasteiger partial charge in [-0.25, -0.2) is 13.2 Å². The van der Waals surface area contributed by atoms with E-state index < -0.39 is 52.7 Å². The van der Waals surface area contributed by atoms with Crippen molar-refractivity contribution in [3.8, 4) is 11.4 Å². The molecule has 4 rings (SSSR count). The molecule has 0 atom stereocenters. The summed E-state index contributed by atoms with van der Waals surface area (Å²) in [6.07, 6.45) is -5.48. The van der Waals surface area contributed by atoms with E-state index in [9.17, 15) is 40.0 Å². The number of rotatable bonds is 7. The standard InChI is InChI=1S/C24H24F5N3O5S/c1-23(8-11-38(35,36)12-9-23)30-20(33)15-5-6-18-19(13-15)31(10-7-24(27,28)29)22(34)32(18)16-3-2-4-17(14-16)37-21(25)26/h2-6,13-14,21H,7-12H2,1H3,(H,30,33). The zero-order valence-electron chi connectivity index (χ0n) is 20.1. The monoisotopic (exact) mass is 561 g/mol. The minimum atomic E-state index is -4.57. The van der Waals surface area contributed by atoms with Crippen molar-refractivity contribution < 1.29 is 39.9 Å². The van der Waals surface area contributed by atoms with Crippen LogP contribution in [0.5, 0.6) is 5.75 Å². The summed E-state index contributed by atoms with van der Waals surface area (Å²) in [5, 5.41) is 2.80. The maximum atomic E-state index is 13.3. The third kappa shape index (κ3) is 6.17. The average molecular weight is 562 g/mol. The number of hydrogen-bond donors (Lipinski definition) is 1. The second-order valence-corrected chi connectivity index (χ2v) is 11.7. The van der Waals surface area contributed by atoms with E-state index in [0.29, 0.717) is 0 Å². The van der Waals surface area contributed by atoms with Crippen LogP contribution in [-0.4, -0.2) is 53.3 Å². The molecule has 0 saturated carbocycles. The van der Waals surface area contributed by atoms with Gasteiger partial charge in [0.25, 0.3) is 5.91 Å². The van der Waals surface area contributed by atoms with Gasteiger partial charge in [0.05, 0.1) is 34.6 Å². The van der Waals surface area contributed by atoms with Crippen molar-refractivity contribution in [2.75, 3.05) is 11.5 Å². The molecule has 1 aliphatic heterocycles. The Bertz CT molecular complexity index is 1510. The number of hydrogen-bond acceptors (Lipinski definition) is 5. The summed E-state index contributed by atoms with van der Waals surface area (Å²) in [4.78, 5) is 26.3. The Kier molecular flexibility index (Phi) is 7.30. The first-order valence-electron chi connectivity index (χ1n) is 11.6. The fraction of sp³-hybridized carbons (Fsp3) is 0.417. The van der Waals surface area contributed by atoms with Crippen LogP contribution in [0.15, 0.2) is 47.3 Å². The first-order chi connectivity index (χ1) is 17.7. The van der Waals surface area contributed by atoms with Crippen LogP contribution in [0.1, 0.15) is 36.5 Å². The molecule has 1 aromatic heterocycles. The summed E-state index contributed by atoms with van der Waals surface area (Å²) in [6.45, 7) is -2.15. The molecule has 0 unspecified atom stereocenters. The second kappa shape index (κ2) is 10.0. The number of carbonyl (C=O) groups is 1. The molecule has 0 aliphatic carbocycles. The average Bonchev–Trinajstić information content (AvgIpc) is 3.09. The number of alkyl halides is 5. The Morgan fingerprint density at radius 1 is 1.11 bits per heavy atom. The molecular weight excluding hydrogens is 537 g/mol. The first-order valence-corrected chi connectivity index (χ1v) is 13.4. The number of nitrogens with zero attached hydrogens (tertiary/aromatic N) is 2. The molecule has 206 valence electrons. The molecule has 2 heterocycles. The van der Waals surface area contributed by atoms with Gasteiger partial charge < -0.3 is 10.1 Å². The number of nitrogens with one attached hydrogen (secondary N) is 1. The van der Waals surface area contributed by atoms with Crippen molar-refractivity contribution in [1.29, 1.82) is 0 Å². The summed E-state index contributed by atoms with van der Waals surface area (Å²) in [5.41, 5.74) is -1.34. The highest BCUT2D eigenvalue weighted by Crippen LogP contribution is 2.27. The van der Waals surface area contributed by atoms with Crippen molar-refractivity contribution in [3.05, 3.63) is 58.5 Å². The van der Waals surface area contributed by atoms with Crippen LogP contribution in [0.4, 0.5) is 22.0 Å². The number of imidazole rings is 1. The molecule has 14 heteroatoms. The van der Waals surface area contributed by atoms with Crippen molar-refractivity contribution >= 4 is 26.8 Å². The van der Waals surface area contributed by atoms with Gasteiger partial charge in [-0.3, -0.25) is 13.9 Å². The lowest BCUT2D eigenvalue weighted by Crippen LogP contribution is -2.50. The lowest BCUT2D eigenvalue weighted by Gasteiger charge is -2.34. The third-order valence-corrected chi connectivity index (χ3v) is 8.11.